The Bertz CT molecular complexity index is 769. The van der Waals surface area contributed by atoms with Crippen LogP contribution in [0.5, 0.6) is 0 Å². The predicted octanol–water partition coefficient (Wildman–Crippen LogP) is -1.64. The third-order valence-electron chi connectivity index (χ3n) is 4.32. The number of ketones is 1. The van der Waals surface area contributed by atoms with E-state index in [1.54, 1.807) is 6.92 Å². The fraction of sp³-hybridized carbons (Fsp3) is 0.571. The first-order chi connectivity index (χ1) is 11.9. The Labute approximate surface area is 142 Å². The number of hydrogen-bond donors (Lipinski definition) is 4. The number of nitrogens with two attached hydrogens (primary N) is 2. The first-order valence-electron chi connectivity index (χ1n) is 7.78. The van der Waals surface area contributed by atoms with Gasteiger partial charge in [0.25, 0.3) is 0 Å². The number of aliphatic hydroxyl groups is 2. The molecule has 0 bridgehead atoms. The highest BCUT2D eigenvalue weighted by atomic mass is 16.7. The second-order valence-corrected chi connectivity index (χ2v) is 5.88. The Balaban J connectivity index is 2.09. The molecule has 0 saturated carbocycles. The second kappa shape index (κ2) is 6.71. The molecule has 136 valence electrons. The van der Waals surface area contributed by atoms with Crippen LogP contribution in [-0.2, 0) is 14.4 Å². The van der Waals surface area contributed by atoms with E-state index in [9.17, 15) is 15.0 Å². The number of nitrogens with zero attached hydrogens (tertiary/aromatic N) is 4. The maximum atomic E-state index is 12.6. The highest BCUT2D eigenvalue weighted by molar-refractivity contribution is 5.89. The van der Waals surface area contributed by atoms with Gasteiger partial charge in [0.1, 0.15) is 24.1 Å². The molecular weight excluding hydrogens is 332 g/mol. The largest absolute Gasteiger partial charge is 0.387 e. The Morgan fingerprint density at radius 2 is 2.32 bits per heavy atom. The molecule has 0 aliphatic carbocycles. The van der Waals surface area contributed by atoms with Crippen LogP contribution < -0.4 is 11.6 Å². The van der Waals surface area contributed by atoms with Crippen LogP contribution in [-0.4, -0.2) is 59.6 Å². The standard InChI is InChI=1S/C14H20N6O5/c1-2-3-8(21)14(23)10(22)9(11(15)25-16)24-13(14)20-6-19-7-4-17-5-18-12(7)20/h4-6,9-11,13,22-23H,2-3,15-16H2,1H3/t9-,10+,11?,13+,14+/m0/s1. The van der Waals surface area contributed by atoms with Gasteiger partial charge in [-0.25, -0.2) is 20.8 Å². The van der Waals surface area contributed by atoms with Crippen molar-refractivity contribution in [2.24, 2.45) is 11.6 Å². The Kier molecular flexibility index (Phi) is 4.77. The van der Waals surface area contributed by atoms with Crippen molar-refractivity contribution < 1.29 is 24.6 Å². The van der Waals surface area contributed by atoms with Gasteiger partial charge >= 0.3 is 0 Å². The lowest BCUT2D eigenvalue weighted by atomic mass is 9.86. The molecule has 3 heterocycles. The first-order valence-corrected chi connectivity index (χ1v) is 7.78. The first kappa shape index (κ1) is 17.8. The molecule has 3 rings (SSSR count). The fourth-order valence-corrected chi connectivity index (χ4v) is 3.02. The molecule has 5 atom stereocenters. The second-order valence-electron chi connectivity index (χ2n) is 5.88. The van der Waals surface area contributed by atoms with Crippen molar-refractivity contribution in [3.8, 4) is 0 Å². The molecule has 1 fully saturated rings. The Morgan fingerprint density at radius 3 is 3.00 bits per heavy atom. The summed E-state index contributed by atoms with van der Waals surface area (Å²) in [7, 11) is 0. The molecule has 6 N–H and O–H groups in total. The summed E-state index contributed by atoms with van der Waals surface area (Å²) in [6.45, 7) is 1.78. The zero-order valence-corrected chi connectivity index (χ0v) is 13.5. The van der Waals surface area contributed by atoms with Crippen LogP contribution in [0.25, 0.3) is 11.2 Å². The average molecular weight is 352 g/mol. The number of hydrogen-bond acceptors (Lipinski definition) is 10. The quantitative estimate of drug-likeness (QED) is 0.349. The monoisotopic (exact) mass is 352 g/mol. The normalized spacial score (nSPS) is 30.7. The smallest absolute Gasteiger partial charge is 0.197 e. The van der Waals surface area contributed by atoms with E-state index in [4.69, 9.17) is 16.4 Å². The minimum atomic E-state index is -2.25. The van der Waals surface area contributed by atoms with Gasteiger partial charge < -0.3 is 20.7 Å². The van der Waals surface area contributed by atoms with E-state index in [0.717, 1.165) is 0 Å². The van der Waals surface area contributed by atoms with E-state index in [-0.39, 0.29) is 6.42 Å². The number of carbonyl (C=O) groups is 1. The summed E-state index contributed by atoms with van der Waals surface area (Å²) in [6, 6.07) is 0. The number of rotatable bonds is 6. The van der Waals surface area contributed by atoms with Crippen LogP contribution in [0.4, 0.5) is 0 Å². The molecule has 0 aromatic carbocycles. The molecule has 2 aromatic rings. The van der Waals surface area contributed by atoms with E-state index >= 15 is 0 Å². The molecule has 11 nitrogen and oxygen atoms in total. The van der Waals surface area contributed by atoms with E-state index in [2.05, 4.69) is 19.8 Å². The van der Waals surface area contributed by atoms with Gasteiger partial charge in [0.05, 0.1) is 12.5 Å². The molecule has 1 unspecified atom stereocenters. The maximum absolute atomic E-state index is 12.6. The zero-order valence-electron chi connectivity index (χ0n) is 13.5. The summed E-state index contributed by atoms with van der Waals surface area (Å²) >= 11 is 0. The van der Waals surface area contributed by atoms with Crippen molar-refractivity contribution in [1.82, 2.24) is 19.5 Å². The van der Waals surface area contributed by atoms with E-state index in [1.165, 1.54) is 23.4 Å². The predicted molar refractivity (Wildman–Crippen MR) is 83.4 cm³/mol. The van der Waals surface area contributed by atoms with Gasteiger partial charge in [-0.1, -0.05) is 6.92 Å². The van der Waals surface area contributed by atoms with Gasteiger partial charge in [0.2, 0.25) is 0 Å². The summed E-state index contributed by atoms with van der Waals surface area (Å²) in [4.78, 5) is 29.2. The van der Waals surface area contributed by atoms with Crippen molar-refractivity contribution in [3.05, 3.63) is 18.9 Å². The van der Waals surface area contributed by atoms with Gasteiger partial charge in [0, 0.05) is 6.42 Å². The molecule has 2 aromatic heterocycles. The van der Waals surface area contributed by atoms with Crippen molar-refractivity contribution in [2.45, 2.75) is 50.0 Å². The molecule has 1 aliphatic heterocycles. The fourth-order valence-electron chi connectivity index (χ4n) is 3.02. The van der Waals surface area contributed by atoms with Gasteiger partial charge in [0.15, 0.2) is 29.5 Å². The van der Waals surface area contributed by atoms with Crippen LogP contribution in [0, 0.1) is 0 Å². The molecule has 11 heteroatoms. The van der Waals surface area contributed by atoms with Crippen molar-refractivity contribution >= 4 is 16.9 Å². The number of imidazole rings is 1. The highest BCUT2D eigenvalue weighted by Gasteiger charge is 2.62. The highest BCUT2D eigenvalue weighted by Crippen LogP contribution is 2.41. The van der Waals surface area contributed by atoms with Crippen LogP contribution in [0.2, 0.25) is 0 Å². The summed E-state index contributed by atoms with van der Waals surface area (Å²) in [5.41, 5.74) is 4.20. The summed E-state index contributed by atoms with van der Waals surface area (Å²) in [6.07, 6.45) is -0.766. The Hall–Kier alpha value is -2.02. The zero-order chi connectivity index (χ0) is 18.2. The van der Waals surface area contributed by atoms with Crippen molar-refractivity contribution in [2.75, 3.05) is 0 Å². The number of carbonyl (C=O) groups excluding carboxylic acids is 1. The number of aromatic nitrogens is 4. The summed E-state index contributed by atoms with van der Waals surface area (Å²) in [5.74, 6) is 4.48. The van der Waals surface area contributed by atoms with E-state index in [1.807, 2.05) is 0 Å². The number of aliphatic hydroxyl groups excluding tert-OH is 1. The Morgan fingerprint density at radius 1 is 1.56 bits per heavy atom. The summed E-state index contributed by atoms with van der Waals surface area (Å²) < 4.78 is 7.03. The van der Waals surface area contributed by atoms with Gasteiger partial charge in [-0.15, -0.1) is 0 Å². The lowest BCUT2D eigenvalue weighted by Gasteiger charge is -2.30. The van der Waals surface area contributed by atoms with Gasteiger partial charge in [-0.3, -0.25) is 14.2 Å². The topological polar surface area (TPSA) is 172 Å². The van der Waals surface area contributed by atoms with Crippen molar-refractivity contribution in [1.29, 1.82) is 0 Å². The molecule has 0 radical (unpaired) electrons. The van der Waals surface area contributed by atoms with Crippen molar-refractivity contribution in [3.63, 3.8) is 0 Å². The molecule has 1 aliphatic rings. The summed E-state index contributed by atoms with van der Waals surface area (Å²) in [5, 5.41) is 21.7. The van der Waals surface area contributed by atoms with Crippen LogP contribution >= 0.6 is 0 Å². The minimum Gasteiger partial charge on any atom is -0.387 e. The maximum Gasteiger partial charge on any atom is 0.197 e. The lowest BCUT2D eigenvalue weighted by molar-refractivity contribution is -0.158. The minimum absolute atomic E-state index is 0.0421. The number of Topliss-reactive ketones (excluding diaryl/α,β-unsaturated/α-hetero) is 1. The molecule has 0 spiro atoms. The SMILES string of the molecule is CCCC(=O)[C@@]1(O)[C@H](O)[C@@H](C(N)ON)O[C@H]1n1cnc2cncnc21. The van der Waals surface area contributed by atoms with Gasteiger partial charge in [-0.05, 0) is 6.42 Å². The van der Waals surface area contributed by atoms with Gasteiger partial charge in [-0.2, -0.15) is 0 Å². The number of fused-ring (bicyclic) bond motifs is 1. The average Bonchev–Trinajstić information content (AvgIpc) is 3.15. The van der Waals surface area contributed by atoms with E-state index in [0.29, 0.717) is 17.6 Å². The van der Waals surface area contributed by atoms with Crippen LogP contribution in [0.15, 0.2) is 18.9 Å². The molecular formula is C14H20N6O5. The molecule has 25 heavy (non-hydrogen) atoms. The number of ether oxygens (including phenoxy) is 1. The lowest BCUT2D eigenvalue weighted by Crippen LogP contribution is -2.55. The molecule has 0 amide bonds. The third-order valence-corrected chi connectivity index (χ3v) is 4.32. The van der Waals surface area contributed by atoms with E-state index < -0.39 is 36.0 Å². The van der Waals surface area contributed by atoms with Crippen LogP contribution in [0.1, 0.15) is 26.0 Å². The third kappa shape index (κ3) is 2.70. The molecule has 1 saturated heterocycles. The van der Waals surface area contributed by atoms with Crippen LogP contribution in [0.3, 0.4) is 0 Å².